The molecule has 3 aromatic rings. The van der Waals surface area contributed by atoms with Crippen molar-refractivity contribution in [2.45, 2.75) is 6.54 Å². The highest BCUT2D eigenvalue weighted by Crippen LogP contribution is 2.12. The van der Waals surface area contributed by atoms with Crippen LogP contribution in [0.15, 0.2) is 33.9 Å². The Morgan fingerprint density at radius 2 is 2.00 bits per heavy atom. The lowest BCUT2D eigenvalue weighted by molar-refractivity contribution is 0.625. The molecule has 3 N–H and O–H groups in total. The first-order valence-corrected chi connectivity index (χ1v) is 6.22. The molecule has 8 heteroatoms. The second-order valence-electron chi connectivity index (χ2n) is 3.96. The Morgan fingerprint density at radius 1 is 1.26 bits per heavy atom. The molecule has 0 radical (unpaired) electrons. The minimum absolute atomic E-state index is 0.0985. The lowest BCUT2D eigenvalue weighted by Crippen LogP contribution is -2.30. The Kier molecular flexibility index (Phi) is 2.64. The van der Waals surface area contributed by atoms with E-state index in [1.54, 1.807) is 24.3 Å². The summed E-state index contributed by atoms with van der Waals surface area (Å²) in [6.07, 6.45) is 0. The zero-order valence-electron chi connectivity index (χ0n) is 9.66. The molecule has 0 unspecified atom stereocenters. The van der Waals surface area contributed by atoms with Crippen molar-refractivity contribution in [2.24, 2.45) is 0 Å². The van der Waals surface area contributed by atoms with E-state index in [-0.39, 0.29) is 17.7 Å². The first kappa shape index (κ1) is 11.6. The van der Waals surface area contributed by atoms with Crippen molar-refractivity contribution >= 4 is 27.3 Å². The predicted octanol–water partition coefficient (Wildman–Crippen LogP) is 0.172. The van der Waals surface area contributed by atoms with Crippen LogP contribution in [-0.4, -0.2) is 19.4 Å². The van der Waals surface area contributed by atoms with Gasteiger partial charge in [0.15, 0.2) is 0 Å². The molecule has 0 spiro atoms. The van der Waals surface area contributed by atoms with Gasteiger partial charge in [-0.3, -0.25) is 14.7 Å². The summed E-state index contributed by atoms with van der Waals surface area (Å²) in [5.74, 6) is 0. The third-order valence-electron chi connectivity index (χ3n) is 2.78. The molecule has 0 amide bonds. The smallest absolute Gasteiger partial charge is 0.273 e. The van der Waals surface area contributed by atoms with Crippen LogP contribution < -0.4 is 16.9 Å². The number of hydrogen-bond donors (Lipinski definition) is 2. The van der Waals surface area contributed by atoms with Crippen LogP contribution in [0, 0.1) is 0 Å². The lowest BCUT2D eigenvalue weighted by Gasteiger charge is -2.05. The van der Waals surface area contributed by atoms with Crippen LogP contribution in [0.2, 0.25) is 0 Å². The SMILES string of the molecule is Nc1snnc1Cn1[nH]c(=O)c2ccccc2c1=O. The predicted molar refractivity (Wildman–Crippen MR) is 72.3 cm³/mol. The Labute approximate surface area is 110 Å². The monoisotopic (exact) mass is 275 g/mol. The number of nitrogens with zero attached hydrogens (tertiary/aromatic N) is 3. The third-order valence-corrected chi connectivity index (χ3v) is 3.37. The zero-order valence-corrected chi connectivity index (χ0v) is 10.5. The summed E-state index contributed by atoms with van der Waals surface area (Å²) in [6.45, 7) is 0.0985. The van der Waals surface area contributed by atoms with Gasteiger partial charge >= 0.3 is 0 Å². The highest BCUT2D eigenvalue weighted by atomic mass is 32.1. The zero-order chi connectivity index (χ0) is 13.4. The maximum Gasteiger partial charge on any atom is 0.273 e. The van der Waals surface area contributed by atoms with Gasteiger partial charge in [0.1, 0.15) is 10.7 Å². The molecule has 3 rings (SSSR count). The van der Waals surface area contributed by atoms with Crippen LogP contribution in [0.3, 0.4) is 0 Å². The minimum Gasteiger partial charge on any atom is -0.388 e. The van der Waals surface area contributed by atoms with Gasteiger partial charge in [-0.15, -0.1) is 5.10 Å². The van der Waals surface area contributed by atoms with Crippen LogP contribution in [0.1, 0.15) is 5.69 Å². The van der Waals surface area contributed by atoms with Crippen molar-refractivity contribution < 1.29 is 0 Å². The van der Waals surface area contributed by atoms with Crippen LogP contribution in [0.4, 0.5) is 5.00 Å². The maximum absolute atomic E-state index is 12.2. The lowest BCUT2D eigenvalue weighted by atomic mass is 10.2. The van der Waals surface area contributed by atoms with Gasteiger partial charge in [0.2, 0.25) is 0 Å². The average molecular weight is 275 g/mol. The number of rotatable bonds is 2. The molecule has 0 saturated heterocycles. The van der Waals surface area contributed by atoms with Gasteiger partial charge in [-0.2, -0.15) is 0 Å². The fourth-order valence-electron chi connectivity index (χ4n) is 1.83. The molecule has 2 heterocycles. The topological polar surface area (TPSA) is 107 Å². The van der Waals surface area contributed by atoms with E-state index in [9.17, 15) is 9.59 Å². The van der Waals surface area contributed by atoms with Crippen molar-refractivity contribution in [3.8, 4) is 0 Å². The normalized spacial score (nSPS) is 10.9. The molecule has 2 aromatic heterocycles. The number of H-pyrrole nitrogens is 1. The van der Waals surface area contributed by atoms with Crippen molar-refractivity contribution in [3.63, 3.8) is 0 Å². The van der Waals surface area contributed by atoms with E-state index < -0.39 is 0 Å². The first-order valence-electron chi connectivity index (χ1n) is 5.45. The summed E-state index contributed by atoms with van der Waals surface area (Å²) >= 11 is 1.05. The standard InChI is InChI=1S/C11H9N5O2S/c12-9-8(13-15-19-9)5-16-11(18)7-4-2-1-3-6(7)10(17)14-16/h1-4H,5,12H2,(H,14,17). The second kappa shape index (κ2) is 4.32. The van der Waals surface area contributed by atoms with Crippen LogP contribution >= 0.6 is 11.5 Å². The largest absolute Gasteiger partial charge is 0.388 e. The number of aromatic amines is 1. The van der Waals surface area contributed by atoms with Crippen LogP contribution in [0.25, 0.3) is 10.8 Å². The summed E-state index contributed by atoms with van der Waals surface area (Å²) in [5.41, 5.74) is 5.53. The Balaban J connectivity index is 2.21. The van der Waals surface area contributed by atoms with Crippen molar-refractivity contribution in [1.29, 1.82) is 0 Å². The molecule has 0 aliphatic heterocycles. The molecule has 1 aromatic carbocycles. The molecular weight excluding hydrogens is 266 g/mol. The van der Waals surface area contributed by atoms with Crippen molar-refractivity contribution in [1.82, 2.24) is 19.4 Å². The van der Waals surface area contributed by atoms with E-state index in [0.717, 1.165) is 11.5 Å². The van der Waals surface area contributed by atoms with E-state index in [1.807, 2.05) is 0 Å². The fourth-order valence-corrected chi connectivity index (χ4v) is 2.27. The number of aromatic nitrogens is 4. The first-order chi connectivity index (χ1) is 9.16. The highest BCUT2D eigenvalue weighted by Gasteiger charge is 2.10. The molecule has 0 aliphatic carbocycles. The maximum atomic E-state index is 12.2. The summed E-state index contributed by atoms with van der Waals surface area (Å²) < 4.78 is 4.88. The molecule has 7 nitrogen and oxygen atoms in total. The molecular formula is C11H9N5O2S. The van der Waals surface area contributed by atoms with Gasteiger partial charge in [0.05, 0.1) is 17.3 Å². The van der Waals surface area contributed by atoms with Crippen molar-refractivity contribution in [2.75, 3.05) is 5.73 Å². The van der Waals surface area contributed by atoms with Gasteiger partial charge in [-0.1, -0.05) is 16.6 Å². The van der Waals surface area contributed by atoms with Gasteiger partial charge < -0.3 is 5.73 Å². The molecule has 0 fully saturated rings. The summed E-state index contributed by atoms with van der Waals surface area (Å²) in [4.78, 5) is 24.1. The van der Waals surface area contributed by atoms with Gasteiger partial charge in [-0.25, -0.2) is 4.68 Å². The number of hydrogen-bond acceptors (Lipinski definition) is 6. The van der Waals surface area contributed by atoms with E-state index in [1.165, 1.54) is 4.68 Å². The summed E-state index contributed by atoms with van der Waals surface area (Å²) in [7, 11) is 0. The number of fused-ring (bicyclic) bond motifs is 1. The number of nitrogen functional groups attached to an aromatic ring is 1. The second-order valence-corrected chi connectivity index (χ2v) is 4.75. The van der Waals surface area contributed by atoms with Gasteiger partial charge in [-0.05, 0) is 12.1 Å². The van der Waals surface area contributed by atoms with Gasteiger partial charge in [0, 0.05) is 11.5 Å². The van der Waals surface area contributed by atoms with Crippen LogP contribution in [-0.2, 0) is 6.54 Å². The number of anilines is 1. The fraction of sp³-hybridized carbons (Fsp3) is 0.0909. The molecule has 0 atom stereocenters. The Bertz CT molecular complexity index is 863. The molecule has 0 aliphatic rings. The third kappa shape index (κ3) is 1.91. The molecule has 0 bridgehead atoms. The van der Waals surface area contributed by atoms with Crippen LogP contribution in [0.5, 0.6) is 0 Å². The molecule has 0 saturated carbocycles. The van der Waals surface area contributed by atoms with E-state index in [0.29, 0.717) is 21.5 Å². The van der Waals surface area contributed by atoms with E-state index >= 15 is 0 Å². The van der Waals surface area contributed by atoms with Crippen molar-refractivity contribution in [3.05, 3.63) is 50.7 Å². The minimum atomic E-state index is -0.322. The number of nitrogens with one attached hydrogen (secondary N) is 1. The molecule has 19 heavy (non-hydrogen) atoms. The Morgan fingerprint density at radius 3 is 2.68 bits per heavy atom. The number of benzene rings is 1. The average Bonchev–Trinajstić information content (AvgIpc) is 2.81. The quantitative estimate of drug-likeness (QED) is 0.693. The Hall–Kier alpha value is -2.48. The molecule has 96 valence electrons. The highest BCUT2D eigenvalue weighted by molar-refractivity contribution is 7.09. The van der Waals surface area contributed by atoms with Gasteiger partial charge in [0.25, 0.3) is 11.1 Å². The van der Waals surface area contributed by atoms with E-state index in [2.05, 4.69) is 14.7 Å². The van der Waals surface area contributed by atoms with E-state index in [4.69, 9.17) is 5.73 Å². The summed E-state index contributed by atoms with van der Waals surface area (Å²) in [6, 6.07) is 6.65. The number of nitrogens with two attached hydrogens (primary N) is 1. The summed E-state index contributed by atoms with van der Waals surface area (Å²) in [5, 5.41) is 7.51.